The fraction of sp³-hybridized carbons (Fsp3) is 0.636. The lowest BCUT2D eigenvalue weighted by Crippen LogP contribution is -2.50. The smallest absolute Gasteiger partial charge is 0.232 e. The van der Waals surface area contributed by atoms with E-state index >= 15 is 0 Å². The first-order valence-corrected chi connectivity index (χ1v) is 5.80. The number of morpholine rings is 1. The van der Waals surface area contributed by atoms with Crippen molar-refractivity contribution in [2.24, 2.45) is 5.73 Å². The average molecular weight is 254 g/mol. The third-order valence-electron chi connectivity index (χ3n) is 2.84. The number of rotatable bonds is 4. The first-order valence-electron chi connectivity index (χ1n) is 5.80. The Balaban J connectivity index is 2.29. The van der Waals surface area contributed by atoms with Crippen LogP contribution in [0.1, 0.15) is 0 Å². The van der Waals surface area contributed by atoms with Gasteiger partial charge in [-0.05, 0) is 0 Å². The highest BCUT2D eigenvalue weighted by Crippen LogP contribution is 2.22. The van der Waals surface area contributed by atoms with E-state index in [1.807, 2.05) is 4.90 Å². The van der Waals surface area contributed by atoms with Crippen molar-refractivity contribution in [3.8, 4) is 11.8 Å². The zero-order valence-corrected chi connectivity index (χ0v) is 10.6. The zero-order valence-electron chi connectivity index (χ0n) is 10.6. The quantitative estimate of drug-likeness (QED) is 0.786. The van der Waals surface area contributed by atoms with Crippen LogP contribution < -0.4 is 20.1 Å². The van der Waals surface area contributed by atoms with E-state index in [0.29, 0.717) is 44.0 Å². The van der Waals surface area contributed by atoms with E-state index < -0.39 is 0 Å². The summed E-state index contributed by atoms with van der Waals surface area (Å²) < 4.78 is 15.7. The van der Waals surface area contributed by atoms with Crippen LogP contribution in [0.25, 0.3) is 0 Å². The largest absolute Gasteiger partial charge is 0.481 e. The number of nitrogens with zero attached hydrogens (tertiary/aromatic N) is 3. The Morgan fingerprint density at radius 2 is 2.06 bits per heavy atom. The predicted molar refractivity (Wildman–Crippen MR) is 66.1 cm³/mol. The number of hydrogen-bond donors (Lipinski definition) is 1. The molecular formula is C11H18N4O3. The molecule has 2 N–H and O–H groups in total. The lowest BCUT2D eigenvalue weighted by atomic mass is 10.2. The van der Waals surface area contributed by atoms with Gasteiger partial charge in [-0.25, -0.2) is 0 Å². The third kappa shape index (κ3) is 2.62. The van der Waals surface area contributed by atoms with Crippen molar-refractivity contribution < 1.29 is 14.2 Å². The lowest BCUT2D eigenvalue weighted by Gasteiger charge is -2.34. The molecule has 1 unspecified atom stereocenters. The van der Waals surface area contributed by atoms with Gasteiger partial charge in [-0.3, -0.25) is 0 Å². The van der Waals surface area contributed by atoms with Crippen LogP contribution >= 0.6 is 0 Å². The highest BCUT2D eigenvalue weighted by atomic mass is 16.5. The molecule has 1 fully saturated rings. The number of ether oxygens (including phenoxy) is 3. The van der Waals surface area contributed by atoms with E-state index in [0.717, 1.165) is 0 Å². The number of aromatic nitrogens is 2. The average Bonchev–Trinajstić information content (AvgIpc) is 2.46. The van der Waals surface area contributed by atoms with Crippen LogP contribution in [0.15, 0.2) is 6.07 Å². The minimum Gasteiger partial charge on any atom is -0.481 e. The van der Waals surface area contributed by atoms with Crippen LogP contribution in [0.2, 0.25) is 0 Å². The van der Waals surface area contributed by atoms with Crippen LogP contribution in [0.5, 0.6) is 11.8 Å². The maximum atomic E-state index is 5.73. The predicted octanol–water partition coefficient (Wildman–Crippen LogP) is -0.342. The van der Waals surface area contributed by atoms with E-state index in [2.05, 4.69) is 9.97 Å². The minimum absolute atomic E-state index is 0.0792. The molecule has 2 heterocycles. The maximum absolute atomic E-state index is 5.73. The number of hydrogen-bond acceptors (Lipinski definition) is 7. The Morgan fingerprint density at radius 3 is 2.61 bits per heavy atom. The number of anilines is 1. The fourth-order valence-electron chi connectivity index (χ4n) is 1.84. The van der Waals surface area contributed by atoms with Gasteiger partial charge in [0.05, 0.1) is 39.5 Å². The van der Waals surface area contributed by atoms with Gasteiger partial charge in [-0.15, -0.1) is 0 Å². The molecule has 0 bridgehead atoms. The van der Waals surface area contributed by atoms with Gasteiger partial charge in [0.15, 0.2) is 0 Å². The van der Waals surface area contributed by atoms with Crippen LogP contribution in [0.3, 0.4) is 0 Å². The SMILES string of the molecule is COc1cc(OC)nc(N2CCOCC2CN)n1. The van der Waals surface area contributed by atoms with Crippen LogP contribution in [0, 0.1) is 0 Å². The van der Waals surface area contributed by atoms with Gasteiger partial charge < -0.3 is 24.8 Å². The van der Waals surface area contributed by atoms with Crippen molar-refractivity contribution in [2.75, 3.05) is 45.4 Å². The molecule has 1 aromatic rings. The molecule has 18 heavy (non-hydrogen) atoms. The van der Waals surface area contributed by atoms with Crippen LogP contribution in [-0.2, 0) is 4.74 Å². The standard InChI is InChI=1S/C11H18N4O3/c1-16-9-5-10(17-2)14-11(13-9)15-3-4-18-7-8(15)6-12/h5,8H,3-4,6-7,12H2,1-2H3. The van der Waals surface area contributed by atoms with Gasteiger partial charge in [-0.1, -0.05) is 0 Å². The molecule has 0 spiro atoms. The van der Waals surface area contributed by atoms with Gasteiger partial charge in [-0.2, -0.15) is 9.97 Å². The molecule has 0 aliphatic carbocycles. The first-order chi connectivity index (χ1) is 8.78. The van der Waals surface area contributed by atoms with Crippen molar-refractivity contribution >= 4 is 5.95 Å². The third-order valence-corrected chi connectivity index (χ3v) is 2.84. The molecule has 100 valence electrons. The second-order valence-electron chi connectivity index (χ2n) is 3.91. The molecule has 0 amide bonds. The van der Waals surface area contributed by atoms with Crippen LogP contribution in [-0.4, -0.2) is 56.5 Å². The van der Waals surface area contributed by atoms with Gasteiger partial charge in [0.25, 0.3) is 0 Å². The minimum atomic E-state index is 0.0792. The summed E-state index contributed by atoms with van der Waals surface area (Å²) in [4.78, 5) is 10.7. The monoisotopic (exact) mass is 254 g/mol. The Bertz CT molecular complexity index is 380. The topological polar surface area (TPSA) is 82.7 Å². The first kappa shape index (κ1) is 12.8. The number of nitrogens with two attached hydrogens (primary N) is 1. The molecule has 0 radical (unpaired) electrons. The molecule has 1 saturated heterocycles. The molecule has 0 saturated carbocycles. The van der Waals surface area contributed by atoms with Crippen molar-refractivity contribution in [3.63, 3.8) is 0 Å². The molecule has 1 aromatic heterocycles. The molecule has 0 aromatic carbocycles. The summed E-state index contributed by atoms with van der Waals surface area (Å²) in [6, 6.07) is 1.72. The second-order valence-corrected chi connectivity index (χ2v) is 3.91. The van der Waals surface area contributed by atoms with Gasteiger partial charge in [0.1, 0.15) is 0 Å². The molecule has 7 heteroatoms. The van der Waals surface area contributed by atoms with Crippen molar-refractivity contribution in [1.82, 2.24) is 9.97 Å². The molecule has 2 rings (SSSR count). The molecular weight excluding hydrogens is 236 g/mol. The van der Waals surface area contributed by atoms with E-state index in [9.17, 15) is 0 Å². The normalized spacial score (nSPS) is 19.7. The lowest BCUT2D eigenvalue weighted by molar-refractivity contribution is 0.0952. The Kier molecular flexibility index (Phi) is 4.16. The van der Waals surface area contributed by atoms with E-state index in [4.69, 9.17) is 19.9 Å². The van der Waals surface area contributed by atoms with Crippen LogP contribution in [0.4, 0.5) is 5.95 Å². The molecule has 1 aliphatic rings. The summed E-state index contributed by atoms with van der Waals surface area (Å²) in [5, 5.41) is 0. The summed E-state index contributed by atoms with van der Waals surface area (Å²) in [5.41, 5.74) is 5.73. The van der Waals surface area contributed by atoms with E-state index in [1.165, 1.54) is 0 Å². The van der Waals surface area contributed by atoms with Crippen molar-refractivity contribution in [2.45, 2.75) is 6.04 Å². The van der Waals surface area contributed by atoms with Gasteiger partial charge in [0.2, 0.25) is 17.7 Å². The van der Waals surface area contributed by atoms with Crippen molar-refractivity contribution in [1.29, 1.82) is 0 Å². The summed E-state index contributed by atoms with van der Waals surface area (Å²) in [6.45, 7) is 2.42. The summed E-state index contributed by atoms with van der Waals surface area (Å²) in [7, 11) is 3.12. The summed E-state index contributed by atoms with van der Waals surface area (Å²) in [5.74, 6) is 1.50. The van der Waals surface area contributed by atoms with Crippen molar-refractivity contribution in [3.05, 3.63) is 6.07 Å². The molecule has 7 nitrogen and oxygen atoms in total. The maximum Gasteiger partial charge on any atom is 0.232 e. The van der Waals surface area contributed by atoms with E-state index in [1.54, 1.807) is 20.3 Å². The van der Waals surface area contributed by atoms with Gasteiger partial charge >= 0.3 is 0 Å². The summed E-state index contributed by atoms with van der Waals surface area (Å²) >= 11 is 0. The highest BCUT2D eigenvalue weighted by molar-refractivity contribution is 5.38. The summed E-state index contributed by atoms with van der Waals surface area (Å²) in [6.07, 6.45) is 0. The second kappa shape index (κ2) is 5.83. The fourth-order valence-corrected chi connectivity index (χ4v) is 1.84. The molecule has 1 aliphatic heterocycles. The Labute approximate surface area is 106 Å². The highest BCUT2D eigenvalue weighted by Gasteiger charge is 2.25. The number of methoxy groups -OCH3 is 2. The Morgan fingerprint density at radius 1 is 1.39 bits per heavy atom. The Hall–Kier alpha value is -1.60. The molecule has 1 atom stereocenters. The van der Waals surface area contributed by atoms with E-state index in [-0.39, 0.29) is 6.04 Å². The zero-order chi connectivity index (χ0) is 13.0. The van der Waals surface area contributed by atoms with Gasteiger partial charge in [0, 0.05) is 13.1 Å².